The van der Waals surface area contributed by atoms with E-state index in [1.807, 2.05) is 6.07 Å². The number of carbonyl (C=O) groups excluding carboxylic acids is 1. The maximum Gasteiger partial charge on any atom is 0.302 e. The van der Waals surface area contributed by atoms with Crippen LogP contribution in [0.3, 0.4) is 0 Å². The highest BCUT2D eigenvalue weighted by atomic mass is 16.5. The van der Waals surface area contributed by atoms with Crippen molar-refractivity contribution >= 4 is 12.0 Å². The second-order valence-corrected chi connectivity index (χ2v) is 3.85. The molecule has 0 amide bonds. The van der Waals surface area contributed by atoms with Gasteiger partial charge >= 0.3 is 5.97 Å². The van der Waals surface area contributed by atoms with Gasteiger partial charge in [0.2, 0.25) is 0 Å². The maximum absolute atomic E-state index is 10.7. The fourth-order valence-electron chi connectivity index (χ4n) is 1.44. The van der Waals surface area contributed by atoms with Gasteiger partial charge in [0.05, 0.1) is 0 Å². The van der Waals surface area contributed by atoms with Crippen molar-refractivity contribution in [3.8, 4) is 0 Å². The number of benzene rings is 1. The second kappa shape index (κ2) is 6.11. The number of esters is 1. The lowest BCUT2D eigenvalue weighted by atomic mass is 10.1. The van der Waals surface area contributed by atoms with Gasteiger partial charge in [-0.3, -0.25) is 4.79 Å². The van der Waals surface area contributed by atoms with Gasteiger partial charge in [0, 0.05) is 6.92 Å². The van der Waals surface area contributed by atoms with Crippen LogP contribution in [0.25, 0.3) is 6.08 Å². The molecule has 86 valence electrons. The van der Waals surface area contributed by atoms with Crippen molar-refractivity contribution in [1.82, 2.24) is 0 Å². The summed E-state index contributed by atoms with van der Waals surface area (Å²) in [5.41, 5.74) is 3.52. The van der Waals surface area contributed by atoms with Gasteiger partial charge in [-0.1, -0.05) is 42.8 Å². The highest BCUT2D eigenvalue weighted by Crippen LogP contribution is 2.11. The van der Waals surface area contributed by atoms with Crippen LogP contribution in [0, 0.1) is 6.92 Å². The van der Waals surface area contributed by atoms with Crippen molar-refractivity contribution in [2.24, 2.45) is 0 Å². The first-order valence-corrected chi connectivity index (χ1v) is 5.51. The molecule has 0 aliphatic rings. The van der Waals surface area contributed by atoms with Gasteiger partial charge in [0.25, 0.3) is 0 Å². The second-order valence-electron chi connectivity index (χ2n) is 3.85. The largest absolute Gasteiger partial charge is 0.461 e. The lowest BCUT2D eigenvalue weighted by molar-refractivity contribution is -0.139. The van der Waals surface area contributed by atoms with Gasteiger partial charge in [-0.05, 0) is 24.5 Å². The molecular formula is C14H18O2. The van der Waals surface area contributed by atoms with Crippen LogP contribution in [0.2, 0.25) is 0 Å². The molecule has 0 radical (unpaired) electrons. The van der Waals surface area contributed by atoms with Crippen molar-refractivity contribution in [1.29, 1.82) is 0 Å². The van der Waals surface area contributed by atoms with E-state index in [0.29, 0.717) is 6.61 Å². The Labute approximate surface area is 96.9 Å². The molecule has 0 aromatic heterocycles. The lowest BCUT2D eigenvalue weighted by Crippen LogP contribution is -2.02. The van der Waals surface area contributed by atoms with E-state index in [1.54, 1.807) is 0 Å². The van der Waals surface area contributed by atoms with E-state index in [0.717, 1.165) is 17.6 Å². The molecule has 0 aliphatic heterocycles. The third-order valence-corrected chi connectivity index (χ3v) is 2.33. The van der Waals surface area contributed by atoms with E-state index in [4.69, 9.17) is 4.74 Å². The molecule has 2 nitrogen and oxygen atoms in total. The zero-order valence-corrected chi connectivity index (χ0v) is 10.1. The zero-order valence-electron chi connectivity index (χ0n) is 10.1. The highest BCUT2D eigenvalue weighted by Gasteiger charge is 1.98. The zero-order chi connectivity index (χ0) is 12.0. The summed E-state index contributed by atoms with van der Waals surface area (Å²) in [4.78, 5) is 10.7. The smallest absolute Gasteiger partial charge is 0.302 e. The SMILES string of the molecule is CC/C(=C\c1cccc(C)c1)COC(C)=O. The molecule has 1 rings (SSSR count). The van der Waals surface area contributed by atoms with Crippen LogP contribution in [-0.2, 0) is 9.53 Å². The van der Waals surface area contributed by atoms with Gasteiger partial charge < -0.3 is 4.74 Å². The minimum atomic E-state index is -0.233. The van der Waals surface area contributed by atoms with Crippen LogP contribution in [0.4, 0.5) is 0 Å². The summed E-state index contributed by atoms with van der Waals surface area (Å²) in [6.45, 7) is 5.94. The van der Waals surface area contributed by atoms with Crippen molar-refractivity contribution in [2.45, 2.75) is 27.2 Å². The minimum Gasteiger partial charge on any atom is -0.461 e. The summed E-state index contributed by atoms with van der Waals surface area (Å²) >= 11 is 0. The Kier molecular flexibility index (Phi) is 4.77. The quantitative estimate of drug-likeness (QED) is 0.724. The van der Waals surface area contributed by atoms with E-state index in [9.17, 15) is 4.79 Å². The molecule has 0 saturated heterocycles. The first-order chi connectivity index (χ1) is 7.61. The van der Waals surface area contributed by atoms with Gasteiger partial charge in [0.15, 0.2) is 0 Å². The number of aryl methyl sites for hydroxylation is 1. The number of hydrogen-bond acceptors (Lipinski definition) is 2. The Hall–Kier alpha value is -1.57. The van der Waals surface area contributed by atoms with Crippen molar-refractivity contribution < 1.29 is 9.53 Å². The first-order valence-electron chi connectivity index (χ1n) is 5.51. The van der Waals surface area contributed by atoms with Gasteiger partial charge in [-0.15, -0.1) is 0 Å². The number of ether oxygens (including phenoxy) is 1. The minimum absolute atomic E-state index is 0.233. The Morgan fingerprint density at radius 2 is 2.19 bits per heavy atom. The molecule has 2 heteroatoms. The van der Waals surface area contributed by atoms with E-state index in [2.05, 4.69) is 38.1 Å². The van der Waals surface area contributed by atoms with Crippen molar-refractivity contribution in [2.75, 3.05) is 6.61 Å². The summed E-state index contributed by atoms with van der Waals surface area (Å²) in [6.07, 6.45) is 2.97. The average Bonchev–Trinajstić information content (AvgIpc) is 2.24. The topological polar surface area (TPSA) is 26.3 Å². The number of hydrogen-bond donors (Lipinski definition) is 0. The highest BCUT2D eigenvalue weighted by molar-refractivity contribution is 5.66. The summed E-state index contributed by atoms with van der Waals surface area (Å²) in [7, 11) is 0. The predicted octanol–water partition coefficient (Wildman–Crippen LogP) is 3.35. The standard InChI is InChI=1S/C14H18O2/c1-4-13(10-16-12(3)15)9-14-7-5-6-11(2)8-14/h5-9H,4,10H2,1-3H3/b13-9+. The Balaban J connectivity index is 2.75. The molecule has 0 bridgehead atoms. The third-order valence-electron chi connectivity index (χ3n) is 2.33. The summed E-state index contributed by atoms with van der Waals surface area (Å²) in [5, 5.41) is 0. The Bertz CT molecular complexity index is 391. The maximum atomic E-state index is 10.7. The predicted molar refractivity (Wildman–Crippen MR) is 66.1 cm³/mol. The number of carbonyl (C=O) groups is 1. The van der Waals surface area contributed by atoms with E-state index < -0.39 is 0 Å². The van der Waals surface area contributed by atoms with Gasteiger partial charge in [0.1, 0.15) is 6.61 Å². The van der Waals surface area contributed by atoms with Crippen molar-refractivity contribution in [3.05, 3.63) is 41.0 Å². The lowest BCUT2D eigenvalue weighted by Gasteiger charge is -2.05. The molecule has 0 unspecified atom stereocenters. The van der Waals surface area contributed by atoms with Crippen LogP contribution in [0.5, 0.6) is 0 Å². The van der Waals surface area contributed by atoms with E-state index in [-0.39, 0.29) is 5.97 Å². The summed E-state index contributed by atoms with van der Waals surface area (Å²) in [6, 6.07) is 8.26. The van der Waals surface area contributed by atoms with Crippen LogP contribution in [0.15, 0.2) is 29.8 Å². The van der Waals surface area contributed by atoms with Gasteiger partial charge in [-0.25, -0.2) is 0 Å². The molecule has 0 atom stereocenters. The van der Waals surface area contributed by atoms with Crippen LogP contribution in [0.1, 0.15) is 31.4 Å². The van der Waals surface area contributed by atoms with E-state index in [1.165, 1.54) is 12.5 Å². The molecule has 0 N–H and O–H groups in total. The van der Waals surface area contributed by atoms with Crippen LogP contribution < -0.4 is 0 Å². The Morgan fingerprint density at radius 3 is 2.75 bits per heavy atom. The van der Waals surface area contributed by atoms with Crippen LogP contribution in [-0.4, -0.2) is 12.6 Å². The normalized spacial score (nSPS) is 11.3. The fourth-order valence-corrected chi connectivity index (χ4v) is 1.44. The van der Waals surface area contributed by atoms with Crippen LogP contribution >= 0.6 is 0 Å². The molecule has 1 aromatic rings. The molecule has 0 heterocycles. The molecule has 1 aromatic carbocycles. The molecule has 0 aliphatic carbocycles. The third kappa shape index (κ3) is 4.30. The van der Waals surface area contributed by atoms with E-state index >= 15 is 0 Å². The number of rotatable bonds is 4. The summed E-state index contributed by atoms with van der Waals surface area (Å²) in [5.74, 6) is -0.233. The van der Waals surface area contributed by atoms with Gasteiger partial charge in [-0.2, -0.15) is 0 Å². The fraction of sp³-hybridized carbons (Fsp3) is 0.357. The van der Waals surface area contributed by atoms with Crippen molar-refractivity contribution in [3.63, 3.8) is 0 Å². The molecule has 0 fully saturated rings. The average molecular weight is 218 g/mol. The summed E-state index contributed by atoms with van der Waals surface area (Å²) < 4.78 is 4.99. The monoisotopic (exact) mass is 218 g/mol. The Morgan fingerprint density at radius 1 is 1.44 bits per heavy atom. The molecule has 0 spiro atoms. The molecule has 16 heavy (non-hydrogen) atoms. The molecular weight excluding hydrogens is 200 g/mol. The first kappa shape index (κ1) is 12.5. The molecule has 0 saturated carbocycles.